The van der Waals surface area contributed by atoms with Crippen LogP contribution in [0.3, 0.4) is 0 Å². The summed E-state index contributed by atoms with van der Waals surface area (Å²) in [6.07, 6.45) is 10.1. The highest BCUT2D eigenvalue weighted by atomic mass is 16.5. The maximum Gasteiger partial charge on any atom is 0.305 e. The first-order chi connectivity index (χ1) is 16.6. The van der Waals surface area contributed by atoms with E-state index in [1.54, 1.807) is 0 Å². The summed E-state index contributed by atoms with van der Waals surface area (Å²) in [6, 6.07) is 0. The molecule has 5 heteroatoms. The molecule has 5 nitrogen and oxygen atoms in total. The molecule has 0 aromatic heterocycles. The Morgan fingerprint density at radius 3 is 2.31 bits per heavy atom. The Morgan fingerprint density at radius 2 is 1.66 bits per heavy atom. The van der Waals surface area contributed by atoms with Gasteiger partial charge in [-0.3, -0.25) is 14.4 Å². The van der Waals surface area contributed by atoms with Gasteiger partial charge >= 0.3 is 11.9 Å². The molecule has 0 spiro atoms. The van der Waals surface area contributed by atoms with Crippen LogP contribution in [0.2, 0.25) is 0 Å². The largest absolute Gasteiger partial charge is 0.469 e. The van der Waals surface area contributed by atoms with Crippen LogP contribution in [0.1, 0.15) is 105 Å². The average Bonchev–Trinajstić information content (AvgIpc) is 3.20. The molecule has 4 fully saturated rings. The van der Waals surface area contributed by atoms with Crippen LogP contribution in [0.25, 0.3) is 0 Å². The minimum absolute atomic E-state index is 0.0284. The first kappa shape index (κ1) is 26.7. The molecule has 0 heterocycles. The summed E-state index contributed by atoms with van der Waals surface area (Å²) in [5.41, 5.74) is 0.339. The van der Waals surface area contributed by atoms with E-state index < -0.39 is 0 Å². The van der Waals surface area contributed by atoms with Crippen molar-refractivity contribution in [3.63, 3.8) is 0 Å². The van der Waals surface area contributed by atoms with Crippen LogP contribution in [-0.4, -0.2) is 30.9 Å². The zero-order chi connectivity index (χ0) is 25.5. The van der Waals surface area contributed by atoms with E-state index in [4.69, 9.17) is 9.47 Å². The third kappa shape index (κ3) is 4.48. The second kappa shape index (κ2) is 10.2. The van der Waals surface area contributed by atoms with Crippen LogP contribution >= 0.6 is 0 Å². The molecular weight excluding hydrogens is 440 g/mol. The molecule has 0 aliphatic heterocycles. The average molecular weight is 489 g/mol. The summed E-state index contributed by atoms with van der Waals surface area (Å²) in [4.78, 5) is 38.0. The fourth-order valence-corrected chi connectivity index (χ4v) is 9.62. The molecule has 0 radical (unpaired) electrons. The Kier molecular flexibility index (Phi) is 7.75. The highest BCUT2D eigenvalue weighted by Crippen LogP contribution is 2.68. The Bertz CT molecular complexity index is 822. The lowest BCUT2D eigenvalue weighted by molar-refractivity contribution is -0.179. The molecule has 4 saturated carbocycles. The van der Waals surface area contributed by atoms with Crippen molar-refractivity contribution in [3.05, 3.63) is 0 Å². The van der Waals surface area contributed by atoms with E-state index in [1.807, 2.05) is 6.92 Å². The van der Waals surface area contributed by atoms with Crippen LogP contribution in [0.5, 0.6) is 0 Å². The predicted molar refractivity (Wildman–Crippen MR) is 135 cm³/mol. The third-order valence-electron chi connectivity index (χ3n) is 11.5. The predicted octanol–water partition coefficient (Wildman–Crippen LogP) is 6.37. The molecule has 2 unspecified atom stereocenters. The van der Waals surface area contributed by atoms with E-state index in [2.05, 4.69) is 27.7 Å². The minimum atomic E-state index is -0.118. The quantitative estimate of drug-likeness (QED) is 0.389. The highest BCUT2D eigenvalue weighted by Gasteiger charge is 2.65. The van der Waals surface area contributed by atoms with Crippen molar-refractivity contribution in [1.29, 1.82) is 0 Å². The van der Waals surface area contributed by atoms with Gasteiger partial charge in [0.2, 0.25) is 0 Å². The number of hydrogen-bond acceptors (Lipinski definition) is 5. The number of fused-ring (bicyclic) bond motifs is 5. The standard InChI is InChI=1S/C30H48O5/c1-7-20-24-17-19(35-25(31)8-2)13-15-30(24,5)23-14-16-29(4)21(18(3)9-12-26(32)34-6)10-11-22(29)27(23)28(20)33/h18-24,27H,7-17H2,1-6H3/t18?,19-,20?,21-,22+,23+,24+,27+,29-,30-/m1/s1. The molecular formula is C30H48O5. The summed E-state index contributed by atoms with van der Waals surface area (Å²) < 4.78 is 10.7. The molecule has 0 bridgehead atoms. The number of carbonyl (C=O) groups excluding carboxylic acids is 3. The van der Waals surface area contributed by atoms with Crippen molar-refractivity contribution < 1.29 is 23.9 Å². The van der Waals surface area contributed by atoms with E-state index in [0.29, 0.717) is 48.2 Å². The van der Waals surface area contributed by atoms with Crippen molar-refractivity contribution >= 4 is 17.7 Å². The number of ketones is 1. The van der Waals surface area contributed by atoms with E-state index >= 15 is 0 Å². The zero-order valence-electron chi connectivity index (χ0n) is 22.9. The van der Waals surface area contributed by atoms with Gasteiger partial charge in [0.1, 0.15) is 11.9 Å². The molecule has 0 amide bonds. The lowest BCUT2D eigenvalue weighted by Crippen LogP contribution is -2.60. The summed E-state index contributed by atoms with van der Waals surface area (Å²) in [6.45, 7) is 11.3. The van der Waals surface area contributed by atoms with Crippen molar-refractivity contribution in [2.75, 3.05) is 7.11 Å². The van der Waals surface area contributed by atoms with Gasteiger partial charge in [-0.05, 0) is 98.2 Å². The molecule has 4 aliphatic carbocycles. The first-order valence-electron chi connectivity index (χ1n) is 14.4. The van der Waals surface area contributed by atoms with E-state index in [9.17, 15) is 14.4 Å². The first-order valence-corrected chi connectivity index (χ1v) is 14.4. The fourth-order valence-electron chi connectivity index (χ4n) is 9.62. The van der Waals surface area contributed by atoms with Crippen molar-refractivity contribution in [2.45, 2.75) is 111 Å². The van der Waals surface area contributed by atoms with Gasteiger partial charge in [0.25, 0.3) is 0 Å². The lowest BCUT2D eigenvalue weighted by Gasteiger charge is -2.62. The van der Waals surface area contributed by atoms with Crippen molar-refractivity contribution in [3.8, 4) is 0 Å². The third-order valence-corrected chi connectivity index (χ3v) is 11.5. The summed E-state index contributed by atoms with van der Waals surface area (Å²) in [5.74, 6) is 2.82. The number of ether oxygens (including phenoxy) is 2. The van der Waals surface area contributed by atoms with Crippen LogP contribution in [-0.2, 0) is 23.9 Å². The highest BCUT2D eigenvalue weighted by molar-refractivity contribution is 5.86. The molecule has 4 rings (SSSR count). The SMILES string of the molecule is CCC(=O)O[C@@H]1CC[C@@]2(C)[C@@H](C1)C(CC)C(=O)[C@@H]1[C@@H]2CC[C@]2(C)[C@@H](C(C)CCC(=O)OC)CC[C@@H]12. The van der Waals surface area contributed by atoms with Crippen LogP contribution in [0.15, 0.2) is 0 Å². The second-order valence-electron chi connectivity index (χ2n) is 12.8. The Morgan fingerprint density at radius 1 is 0.971 bits per heavy atom. The van der Waals surface area contributed by atoms with Crippen LogP contribution in [0.4, 0.5) is 0 Å². The van der Waals surface area contributed by atoms with E-state index in [0.717, 1.165) is 44.9 Å². The maximum absolute atomic E-state index is 14.2. The van der Waals surface area contributed by atoms with Gasteiger partial charge in [-0.1, -0.05) is 34.6 Å². The summed E-state index contributed by atoms with van der Waals surface area (Å²) in [5, 5.41) is 0. The van der Waals surface area contributed by atoms with Crippen molar-refractivity contribution in [1.82, 2.24) is 0 Å². The van der Waals surface area contributed by atoms with E-state index in [-0.39, 0.29) is 40.7 Å². The van der Waals surface area contributed by atoms with Gasteiger partial charge in [-0.15, -0.1) is 0 Å². The van der Waals surface area contributed by atoms with Gasteiger partial charge in [-0.25, -0.2) is 0 Å². The molecule has 4 aliphatic rings. The van der Waals surface area contributed by atoms with Gasteiger partial charge < -0.3 is 9.47 Å². The molecule has 0 saturated heterocycles. The van der Waals surface area contributed by atoms with Gasteiger partial charge in [0.15, 0.2) is 0 Å². The molecule has 198 valence electrons. The topological polar surface area (TPSA) is 69.7 Å². The number of methoxy groups -OCH3 is 1. The Balaban J connectivity index is 1.56. The summed E-state index contributed by atoms with van der Waals surface area (Å²) >= 11 is 0. The van der Waals surface area contributed by atoms with Crippen molar-refractivity contribution in [2.24, 2.45) is 52.3 Å². The maximum atomic E-state index is 14.2. The fraction of sp³-hybridized carbons (Fsp3) is 0.900. The molecule has 10 atom stereocenters. The number of esters is 2. The summed E-state index contributed by atoms with van der Waals surface area (Å²) in [7, 11) is 1.47. The molecule has 0 aromatic carbocycles. The number of rotatable bonds is 7. The smallest absolute Gasteiger partial charge is 0.305 e. The van der Waals surface area contributed by atoms with Gasteiger partial charge in [0, 0.05) is 24.7 Å². The molecule has 35 heavy (non-hydrogen) atoms. The molecule has 0 aromatic rings. The van der Waals surface area contributed by atoms with Gasteiger partial charge in [0.05, 0.1) is 7.11 Å². The normalized spacial score (nSPS) is 43.5. The van der Waals surface area contributed by atoms with Crippen LogP contribution in [0, 0.1) is 52.3 Å². The van der Waals surface area contributed by atoms with Gasteiger partial charge in [-0.2, -0.15) is 0 Å². The Labute approximate surface area is 212 Å². The number of Topliss-reactive ketones (excluding diaryl/α,β-unsaturated/α-hetero) is 1. The minimum Gasteiger partial charge on any atom is -0.469 e. The number of carbonyl (C=O) groups is 3. The Hall–Kier alpha value is -1.39. The zero-order valence-corrected chi connectivity index (χ0v) is 22.9. The monoisotopic (exact) mass is 488 g/mol. The number of hydrogen-bond donors (Lipinski definition) is 0. The van der Waals surface area contributed by atoms with E-state index in [1.165, 1.54) is 20.0 Å². The lowest BCUT2D eigenvalue weighted by atomic mass is 9.42. The molecule has 0 N–H and O–H groups in total. The van der Waals surface area contributed by atoms with Crippen LogP contribution < -0.4 is 0 Å². The second-order valence-corrected chi connectivity index (χ2v) is 12.8.